The number of fused-ring (bicyclic) bond motifs is 1. The molecule has 0 aliphatic carbocycles. The van der Waals surface area contributed by atoms with Crippen LogP contribution in [0.15, 0.2) is 107 Å². The van der Waals surface area contributed by atoms with Crippen molar-refractivity contribution in [2.24, 2.45) is 0 Å². The van der Waals surface area contributed by atoms with Crippen LogP contribution in [0.4, 0.5) is 5.82 Å². The number of hydrogen-bond donors (Lipinski definition) is 2. The molecular formula is C38H37N5O7S3. The second-order valence-electron chi connectivity index (χ2n) is 12.9. The summed E-state index contributed by atoms with van der Waals surface area (Å²) in [5, 5.41) is 15.3. The third-order valence-electron chi connectivity index (χ3n) is 8.68. The third kappa shape index (κ3) is 7.01. The van der Waals surface area contributed by atoms with Crippen LogP contribution in [-0.2, 0) is 20.0 Å². The molecule has 2 aromatic heterocycles. The van der Waals surface area contributed by atoms with Crippen LogP contribution in [0.2, 0.25) is 0 Å². The molecule has 0 saturated carbocycles. The molecule has 2 N–H and O–H groups in total. The highest BCUT2D eigenvalue weighted by atomic mass is 32.2. The van der Waals surface area contributed by atoms with E-state index in [4.69, 9.17) is 4.98 Å². The van der Waals surface area contributed by atoms with Crippen molar-refractivity contribution in [3.8, 4) is 22.1 Å². The molecular weight excluding hydrogens is 735 g/mol. The number of rotatable bonds is 11. The normalized spacial score (nSPS) is 12.2. The predicted molar refractivity (Wildman–Crippen MR) is 206 cm³/mol. The van der Waals surface area contributed by atoms with Crippen LogP contribution in [-0.4, -0.2) is 80.0 Å². The Bertz CT molecular complexity index is 2580. The highest BCUT2D eigenvalue weighted by Gasteiger charge is 2.33. The smallest absolute Gasteiger partial charge is 0.256 e. The van der Waals surface area contributed by atoms with Gasteiger partial charge in [-0.15, -0.1) is 11.3 Å². The molecule has 0 spiro atoms. The van der Waals surface area contributed by atoms with E-state index in [1.54, 1.807) is 18.2 Å². The molecule has 2 heterocycles. The number of carbonyl (C=O) groups is 2. The summed E-state index contributed by atoms with van der Waals surface area (Å²) in [4.78, 5) is 33.4. The Balaban J connectivity index is 1.63. The molecule has 12 nitrogen and oxygen atoms in total. The Labute approximate surface area is 312 Å². The van der Waals surface area contributed by atoms with E-state index < -0.39 is 37.6 Å². The summed E-state index contributed by atoms with van der Waals surface area (Å²) in [5.41, 5.74) is 1.85. The second-order valence-corrected chi connectivity index (χ2v) is 18.2. The maximum absolute atomic E-state index is 14.7. The Morgan fingerprint density at radius 3 is 1.91 bits per heavy atom. The molecule has 0 bridgehead atoms. The van der Waals surface area contributed by atoms with Crippen LogP contribution in [0.1, 0.15) is 51.6 Å². The van der Waals surface area contributed by atoms with Crippen molar-refractivity contribution >= 4 is 59.1 Å². The number of aromatic hydroxyl groups is 1. The molecule has 0 fully saturated rings. The fraction of sp³-hybridized carbons (Fsp3) is 0.184. The van der Waals surface area contributed by atoms with Crippen molar-refractivity contribution in [1.82, 2.24) is 18.2 Å². The minimum Gasteiger partial charge on any atom is -0.494 e. The first-order valence-electron chi connectivity index (χ1n) is 16.4. The summed E-state index contributed by atoms with van der Waals surface area (Å²) in [6.45, 7) is 4.07. The van der Waals surface area contributed by atoms with E-state index in [-0.39, 0.29) is 43.8 Å². The molecule has 0 saturated heterocycles. The van der Waals surface area contributed by atoms with Crippen molar-refractivity contribution in [3.05, 3.63) is 119 Å². The number of aromatic nitrogens is 2. The molecule has 0 aliphatic heterocycles. The van der Waals surface area contributed by atoms with Gasteiger partial charge in [0.05, 0.1) is 36.8 Å². The predicted octanol–water partition coefficient (Wildman–Crippen LogP) is 6.57. The molecule has 274 valence electrons. The number of benzene rings is 4. The quantitative estimate of drug-likeness (QED) is 0.140. The highest BCUT2D eigenvalue weighted by molar-refractivity contribution is 7.89. The lowest BCUT2D eigenvalue weighted by Gasteiger charge is -2.15. The van der Waals surface area contributed by atoms with E-state index in [0.29, 0.717) is 16.2 Å². The van der Waals surface area contributed by atoms with Gasteiger partial charge in [-0.1, -0.05) is 56.3 Å². The van der Waals surface area contributed by atoms with Gasteiger partial charge < -0.3 is 10.4 Å². The number of hydrogen-bond acceptors (Lipinski definition) is 9. The summed E-state index contributed by atoms with van der Waals surface area (Å²) < 4.78 is 56.2. The van der Waals surface area contributed by atoms with Crippen LogP contribution >= 0.6 is 11.3 Å². The minimum absolute atomic E-state index is 0.0000372. The molecule has 4 aromatic carbocycles. The average molecular weight is 772 g/mol. The average Bonchev–Trinajstić information content (AvgIpc) is 3.69. The lowest BCUT2D eigenvalue weighted by Crippen LogP contribution is -2.23. The van der Waals surface area contributed by atoms with Crippen molar-refractivity contribution in [1.29, 1.82) is 0 Å². The van der Waals surface area contributed by atoms with E-state index in [1.807, 2.05) is 44.2 Å². The van der Waals surface area contributed by atoms with Crippen LogP contribution in [0.5, 0.6) is 5.88 Å². The van der Waals surface area contributed by atoms with Gasteiger partial charge in [0.15, 0.2) is 5.78 Å². The van der Waals surface area contributed by atoms with Gasteiger partial charge in [-0.3, -0.25) is 14.2 Å². The molecule has 6 rings (SSSR count). The number of ketones is 1. The Kier molecular flexibility index (Phi) is 10.2. The van der Waals surface area contributed by atoms with E-state index in [1.165, 1.54) is 92.6 Å². The van der Waals surface area contributed by atoms with Crippen LogP contribution in [0, 0.1) is 0 Å². The van der Waals surface area contributed by atoms with Gasteiger partial charge in [0.1, 0.15) is 10.8 Å². The number of amides is 1. The molecule has 0 atom stereocenters. The Morgan fingerprint density at radius 2 is 1.34 bits per heavy atom. The fourth-order valence-corrected chi connectivity index (χ4v) is 8.60. The zero-order valence-electron chi connectivity index (χ0n) is 29.7. The first-order chi connectivity index (χ1) is 25.0. The van der Waals surface area contributed by atoms with E-state index in [2.05, 4.69) is 5.32 Å². The number of nitrogens with one attached hydrogen (secondary N) is 1. The number of para-hydroxylation sites is 1. The minimum atomic E-state index is -3.93. The zero-order valence-corrected chi connectivity index (χ0v) is 32.2. The number of nitrogens with zero attached hydrogens (tertiary/aromatic N) is 4. The van der Waals surface area contributed by atoms with Crippen molar-refractivity contribution in [2.75, 3.05) is 33.5 Å². The molecule has 53 heavy (non-hydrogen) atoms. The van der Waals surface area contributed by atoms with Gasteiger partial charge in [-0.2, -0.15) is 0 Å². The lowest BCUT2D eigenvalue weighted by molar-refractivity contribution is 0.102. The van der Waals surface area contributed by atoms with E-state index >= 15 is 0 Å². The summed E-state index contributed by atoms with van der Waals surface area (Å²) in [6, 6.07) is 25.6. The molecule has 6 aromatic rings. The first-order valence-corrected chi connectivity index (χ1v) is 20.1. The summed E-state index contributed by atoms with van der Waals surface area (Å²) >= 11 is 1.23. The van der Waals surface area contributed by atoms with Crippen molar-refractivity contribution < 1.29 is 31.5 Å². The topological polar surface area (TPSA) is 159 Å². The summed E-state index contributed by atoms with van der Waals surface area (Å²) in [7, 11) is -2.28. The van der Waals surface area contributed by atoms with Gasteiger partial charge in [-0.25, -0.2) is 30.4 Å². The number of anilines is 1. The number of thiazole rings is 1. The van der Waals surface area contributed by atoms with Crippen LogP contribution in [0.3, 0.4) is 0 Å². The van der Waals surface area contributed by atoms with Gasteiger partial charge in [0, 0.05) is 39.3 Å². The van der Waals surface area contributed by atoms with Crippen molar-refractivity contribution in [3.63, 3.8) is 0 Å². The molecule has 0 aliphatic rings. The SMILES string of the molecule is CC(C)c1ccc(-n2c(O)c(C(=O)c3cccc(S(=O)(=O)N(C)C)c3)c(-c3nc4ccccc4s3)c2NC(=O)c2cccc(S(=O)(=O)N(C)C)c2)cc1. The molecule has 1 amide bonds. The van der Waals surface area contributed by atoms with Gasteiger partial charge in [0.2, 0.25) is 25.9 Å². The van der Waals surface area contributed by atoms with E-state index in [9.17, 15) is 31.5 Å². The Morgan fingerprint density at radius 1 is 0.774 bits per heavy atom. The zero-order chi connectivity index (χ0) is 38.4. The fourth-order valence-electron chi connectivity index (χ4n) is 5.68. The monoisotopic (exact) mass is 771 g/mol. The Hall–Kier alpha value is -5.19. The van der Waals surface area contributed by atoms with Crippen molar-refractivity contribution in [2.45, 2.75) is 29.6 Å². The van der Waals surface area contributed by atoms with Gasteiger partial charge in [0.25, 0.3) is 5.91 Å². The largest absolute Gasteiger partial charge is 0.494 e. The third-order valence-corrected chi connectivity index (χ3v) is 13.4. The first kappa shape index (κ1) is 37.6. The number of carbonyl (C=O) groups excluding carboxylic acids is 2. The molecule has 0 unspecified atom stereocenters. The van der Waals surface area contributed by atoms with Crippen LogP contribution < -0.4 is 5.32 Å². The highest BCUT2D eigenvalue weighted by Crippen LogP contribution is 2.46. The molecule has 0 radical (unpaired) electrons. The maximum Gasteiger partial charge on any atom is 0.256 e. The summed E-state index contributed by atoms with van der Waals surface area (Å²) in [6.07, 6.45) is 0. The molecule has 15 heteroatoms. The van der Waals surface area contributed by atoms with Gasteiger partial charge >= 0.3 is 0 Å². The lowest BCUT2D eigenvalue weighted by atomic mass is 10.0. The second kappa shape index (κ2) is 14.3. The standard InChI is InChI=1S/C38H37N5O7S3/c1-23(2)24-17-19-27(20-18-24)43-35(40-36(45)26-12-10-14-29(22-26)53(49,50)42(5)6)33(37-39-30-15-7-8-16-31(30)51-37)32(38(43)46)34(44)25-11-9-13-28(21-25)52(47,48)41(3)4/h7-23,46H,1-6H3,(H,40,45). The maximum atomic E-state index is 14.7. The summed E-state index contributed by atoms with van der Waals surface area (Å²) in [5.74, 6) is -1.79. The number of sulfonamides is 2. The van der Waals surface area contributed by atoms with Gasteiger partial charge in [-0.05, 0) is 66.1 Å². The van der Waals surface area contributed by atoms with E-state index in [0.717, 1.165) is 18.9 Å². The van der Waals surface area contributed by atoms with Crippen LogP contribution in [0.25, 0.3) is 26.5 Å².